The number of nitrogens with one attached hydrogen (secondary N) is 2. The van der Waals surface area contributed by atoms with Crippen LogP contribution in [0.3, 0.4) is 0 Å². The van der Waals surface area contributed by atoms with Crippen LogP contribution in [-0.2, 0) is 16.6 Å². The van der Waals surface area contributed by atoms with Crippen LogP contribution in [-0.4, -0.2) is 20.5 Å². The Morgan fingerprint density at radius 3 is 2.26 bits per heavy atom. The van der Waals surface area contributed by atoms with Gasteiger partial charge in [0.1, 0.15) is 11.6 Å². The number of sulfonamides is 1. The van der Waals surface area contributed by atoms with Gasteiger partial charge in [-0.3, -0.25) is 4.72 Å². The fourth-order valence-corrected chi connectivity index (χ4v) is 3.43. The Hall–Kier alpha value is -3.06. The van der Waals surface area contributed by atoms with Crippen molar-refractivity contribution in [2.75, 3.05) is 17.1 Å². The van der Waals surface area contributed by atoms with E-state index < -0.39 is 10.0 Å². The van der Waals surface area contributed by atoms with Crippen molar-refractivity contribution >= 4 is 21.5 Å². The molecule has 0 atom stereocenters. The molecule has 27 heavy (non-hydrogen) atoms. The number of aromatic nitrogens is 1. The van der Waals surface area contributed by atoms with Gasteiger partial charge in [0.15, 0.2) is 0 Å². The molecule has 0 radical (unpaired) electrons. The highest BCUT2D eigenvalue weighted by Gasteiger charge is 2.14. The van der Waals surface area contributed by atoms with Crippen LogP contribution in [0.25, 0.3) is 0 Å². The fourth-order valence-electron chi connectivity index (χ4n) is 2.42. The summed E-state index contributed by atoms with van der Waals surface area (Å²) < 4.78 is 32.3. The zero-order valence-electron chi connectivity index (χ0n) is 15.1. The van der Waals surface area contributed by atoms with E-state index in [0.717, 1.165) is 11.3 Å². The molecule has 0 aliphatic heterocycles. The molecule has 0 spiro atoms. The number of hydrogen-bond donors (Lipinski definition) is 2. The van der Waals surface area contributed by atoms with Crippen molar-refractivity contribution in [2.45, 2.75) is 18.4 Å². The third-order valence-corrected chi connectivity index (χ3v) is 5.36. The van der Waals surface area contributed by atoms with Crippen molar-refractivity contribution in [1.29, 1.82) is 0 Å². The van der Waals surface area contributed by atoms with Crippen LogP contribution in [0.15, 0.2) is 71.8 Å². The van der Waals surface area contributed by atoms with Crippen LogP contribution in [0.2, 0.25) is 0 Å². The summed E-state index contributed by atoms with van der Waals surface area (Å²) in [6, 6.07) is 17.8. The van der Waals surface area contributed by atoms with Crippen LogP contribution < -0.4 is 14.8 Å². The van der Waals surface area contributed by atoms with E-state index in [1.165, 1.54) is 24.8 Å². The highest BCUT2D eigenvalue weighted by molar-refractivity contribution is 7.92. The van der Waals surface area contributed by atoms with Crippen molar-refractivity contribution in [3.8, 4) is 5.75 Å². The normalized spacial score (nSPS) is 11.0. The van der Waals surface area contributed by atoms with Gasteiger partial charge in [-0.1, -0.05) is 29.8 Å². The summed E-state index contributed by atoms with van der Waals surface area (Å²) in [4.78, 5) is 4.32. The average molecular weight is 383 g/mol. The summed E-state index contributed by atoms with van der Waals surface area (Å²) in [6.45, 7) is 2.71. The number of benzene rings is 2. The third-order valence-electron chi connectivity index (χ3n) is 3.99. The summed E-state index contributed by atoms with van der Waals surface area (Å²) in [5, 5.41) is 3.26. The molecule has 3 aromatic rings. The predicted octanol–water partition coefficient (Wildman–Crippen LogP) is 3.81. The Morgan fingerprint density at radius 1 is 0.963 bits per heavy atom. The van der Waals surface area contributed by atoms with Crippen molar-refractivity contribution in [3.05, 3.63) is 78.0 Å². The van der Waals surface area contributed by atoms with E-state index in [-0.39, 0.29) is 10.7 Å². The molecule has 6 nitrogen and oxygen atoms in total. The van der Waals surface area contributed by atoms with Gasteiger partial charge in [-0.2, -0.15) is 0 Å². The van der Waals surface area contributed by atoms with Crippen molar-refractivity contribution in [2.24, 2.45) is 0 Å². The third kappa shape index (κ3) is 4.98. The number of anilines is 2. The maximum atomic E-state index is 12.4. The Balaban J connectivity index is 1.63. The second kappa shape index (κ2) is 8.09. The van der Waals surface area contributed by atoms with Crippen molar-refractivity contribution in [1.82, 2.24) is 4.98 Å². The zero-order chi connectivity index (χ0) is 19.3. The number of rotatable bonds is 7. The Kier molecular flexibility index (Phi) is 5.61. The van der Waals surface area contributed by atoms with E-state index in [9.17, 15) is 8.42 Å². The molecule has 0 aliphatic carbocycles. The molecule has 3 rings (SSSR count). The summed E-state index contributed by atoms with van der Waals surface area (Å²) in [6.07, 6.45) is 1.60. The quantitative estimate of drug-likeness (QED) is 0.648. The Labute approximate surface area is 159 Å². The van der Waals surface area contributed by atoms with Gasteiger partial charge < -0.3 is 10.1 Å². The molecule has 2 N–H and O–H groups in total. The molecule has 0 aliphatic rings. The highest BCUT2D eigenvalue weighted by atomic mass is 32.2. The summed E-state index contributed by atoms with van der Waals surface area (Å²) in [5.41, 5.74) is 3.18. The van der Waals surface area contributed by atoms with E-state index in [0.29, 0.717) is 12.3 Å². The first-order valence-electron chi connectivity index (χ1n) is 8.38. The average Bonchev–Trinajstić information content (AvgIpc) is 2.68. The second-order valence-corrected chi connectivity index (χ2v) is 7.73. The maximum absolute atomic E-state index is 12.4. The first-order chi connectivity index (χ1) is 13.0. The lowest BCUT2D eigenvalue weighted by atomic mass is 10.1. The lowest BCUT2D eigenvalue weighted by molar-refractivity contribution is 0.414. The molecule has 0 bridgehead atoms. The van der Waals surface area contributed by atoms with Gasteiger partial charge in [0.2, 0.25) is 0 Å². The number of hydrogen-bond acceptors (Lipinski definition) is 5. The Morgan fingerprint density at radius 2 is 1.67 bits per heavy atom. The smallest absolute Gasteiger partial charge is 0.263 e. The second-order valence-electron chi connectivity index (χ2n) is 6.05. The fraction of sp³-hybridized carbons (Fsp3) is 0.150. The van der Waals surface area contributed by atoms with Gasteiger partial charge in [-0.15, -0.1) is 0 Å². The lowest BCUT2D eigenvalue weighted by Crippen LogP contribution is -2.14. The minimum atomic E-state index is -3.70. The molecule has 0 saturated carbocycles. The maximum Gasteiger partial charge on any atom is 0.263 e. The van der Waals surface area contributed by atoms with Crippen molar-refractivity contribution < 1.29 is 13.2 Å². The molecular weight excluding hydrogens is 362 g/mol. The number of nitrogens with zero attached hydrogens (tertiary/aromatic N) is 1. The molecule has 0 saturated heterocycles. The number of aryl methyl sites for hydroxylation is 1. The van der Waals surface area contributed by atoms with E-state index in [1.54, 1.807) is 30.5 Å². The largest absolute Gasteiger partial charge is 0.497 e. The van der Waals surface area contributed by atoms with Gasteiger partial charge >= 0.3 is 0 Å². The van der Waals surface area contributed by atoms with E-state index in [4.69, 9.17) is 4.74 Å². The minimum Gasteiger partial charge on any atom is -0.497 e. The number of methoxy groups -OCH3 is 1. The summed E-state index contributed by atoms with van der Waals surface area (Å²) in [5.74, 6) is 0.850. The van der Waals surface area contributed by atoms with Crippen molar-refractivity contribution in [3.63, 3.8) is 0 Å². The van der Waals surface area contributed by atoms with Gasteiger partial charge in [0.05, 0.1) is 23.9 Å². The van der Waals surface area contributed by atoms with Crippen LogP contribution in [0.1, 0.15) is 11.1 Å². The molecule has 0 fully saturated rings. The monoisotopic (exact) mass is 383 g/mol. The molecule has 1 heterocycles. The lowest BCUT2D eigenvalue weighted by Gasteiger charge is -2.10. The van der Waals surface area contributed by atoms with E-state index in [2.05, 4.69) is 39.3 Å². The first kappa shape index (κ1) is 18.7. The van der Waals surface area contributed by atoms with Crippen LogP contribution in [0.4, 0.5) is 11.5 Å². The zero-order valence-corrected chi connectivity index (χ0v) is 16.0. The standard InChI is InChI=1S/C20H21N3O3S/c1-15-3-5-16(6-4-15)13-21-17-7-12-20(22-14-17)23-27(24,25)19-10-8-18(26-2)9-11-19/h3-12,14,21H,13H2,1-2H3,(H,22,23). The van der Waals surface area contributed by atoms with Gasteiger partial charge in [0, 0.05) is 6.54 Å². The molecular formula is C20H21N3O3S. The van der Waals surface area contributed by atoms with Crippen LogP contribution in [0.5, 0.6) is 5.75 Å². The highest BCUT2D eigenvalue weighted by Crippen LogP contribution is 2.19. The topological polar surface area (TPSA) is 80.3 Å². The van der Waals surface area contributed by atoms with Gasteiger partial charge in [-0.25, -0.2) is 13.4 Å². The van der Waals surface area contributed by atoms with E-state index in [1.807, 2.05) is 6.92 Å². The molecule has 0 unspecified atom stereocenters. The van der Waals surface area contributed by atoms with Crippen LogP contribution >= 0.6 is 0 Å². The van der Waals surface area contributed by atoms with Gasteiger partial charge in [0.25, 0.3) is 10.0 Å². The molecule has 1 aromatic heterocycles. The first-order valence-corrected chi connectivity index (χ1v) is 9.87. The summed E-state index contributed by atoms with van der Waals surface area (Å²) in [7, 11) is -2.17. The molecule has 7 heteroatoms. The molecule has 2 aromatic carbocycles. The molecule has 140 valence electrons. The number of pyridine rings is 1. The van der Waals surface area contributed by atoms with Gasteiger partial charge in [-0.05, 0) is 48.9 Å². The molecule has 0 amide bonds. The SMILES string of the molecule is COc1ccc(S(=O)(=O)Nc2ccc(NCc3ccc(C)cc3)cn2)cc1. The predicted molar refractivity (Wildman–Crippen MR) is 107 cm³/mol. The summed E-state index contributed by atoms with van der Waals surface area (Å²) >= 11 is 0. The minimum absolute atomic E-state index is 0.145. The van der Waals surface area contributed by atoms with Crippen LogP contribution in [0, 0.1) is 6.92 Å². The Bertz CT molecular complexity index is 984. The number of ether oxygens (including phenoxy) is 1. The van der Waals surface area contributed by atoms with E-state index >= 15 is 0 Å².